The van der Waals surface area contributed by atoms with E-state index in [0.29, 0.717) is 15.5 Å². The molecule has 0 saturated heterocycles. The molecule has 22 heavy (non-hydrogen) atoms. The van der Waals surface area contributed by atoms with E-state index in [-0.39, 0.29) is 10.6 Å². The standard InChI is InChI=1S/C16H12BrNO3S/c17-14-10-12(8-9-15(14)19)18-22(20,21)16-7-3-5-11-4-1-2-6-13(11)16/h1-10,18-19H. The van der Waals surface area contributed by atoms with Crippen molar-refractivity contribution in [3.63, 3.8) is 0 Å². The van der Waals surface area contributed by atoms with E-state index in [1.807, 2.05) is 18.2 Å². The molecule has 3 rings (SSSR count). The van der Waals surface area contributed by atoms with Crippen LogP contribution < -0.4 is 4.72 Å². The van der Waals surface area contributed by atoms with Gasteiger partial charge >= 0.3 is 0 Å². The van der Waals surface area contributed by atoms with Crippen molar-refractivity contribution in [2.45, 2.75) is 4.90 Å². The van der Waals surface area contributed by atoms with Crippen molar-refractivity contribution in [1.82, 2.24) is 0 Å². The zero-order valence-corrected chi connectivity index (χ0v) is 13.7. The molecule has 0 aliphatic carbocycles. The Kier molecular flexibility index (Phi) is 3.80. The molecule has 0 aromatic heterocycles. The number of phenols is 1. The first-order chi connectivity index (χ1) is 10.5. The fourth-order valence-electron chi connectivity index (χ4n) is 2.21. The Morgan fingerprint density at radius 3 is 2.45 bits per heavy atom. The summed E-state index contributed by atoms with van der Waals surface area (Å²) in [7, 11) is -3.72. The van der Waals surface area contributed by atoms with Crippen molar-refractivity contribution in [2.75, 3.05) is 4.72 Å². The van der Waals surface area contributed by atoms with Crippen LogP contribution in [0.3, 0.4) is 0 Å². The number of rotatable bonds is 3. The van der Waals surface area contributed by atoms with E-state index in [1.165, 1.54) is 18.2 Å². The van der Waals surface area contributed by atoms with Crippen LogP contribution in [0, 0.1) is 0 Å². The number of hydrogen-bond donors (Lipinski definition) is 2. The van der Waals surface area contributed by atoms with Crippen LogP contribution in [0.1, 0.15) is 0 Å². The van der Waals surface area contributed by atoms with Gasteiger partial charge in [-0.2, -0.15) is 0 Å². The van der Waals surface area contributed by atoms with Crippen LogP contribution >= 0.6 is 15.9 Å². The number of fused-ring (bicyclic) bond motifs is 1. The van der Waals surface area contributed by atoms with Crippen molar-refractivity contribution in [2.24, 2.45) is 0 Å². The first-order valence-corrected chi connectivity index (χ1v) is 8.74. The van der Waals surface area contributed by atoms with Gasteiger partial charge in [0.2, 0.25) is 0 Å². The van der Waals surface area contributed by atoms with Crippen LogP contribution in [0.2, 0.25) is 0 Å². The Morgan fingerprint density at radius 1 is 0.955 bits per heavy atom. The Balaban J connectivity index is 2.07. The molecular weight excluding hydrogens is 366 g/mol. The highest BCUT2D eigenvalue weighted by Gasteiger charge is 2.17. The molecule has 0 unspecified atom stereocenters. The molecule has 0 atom stereocenters. The molecule has 0 bridgehead atoms. The third kappa shape index (κ3) is 2.80. The minimum absolute atomic E-state index is 0.0492. The summed E-state index contributed by atoms with van der Waals surface area (Å²) >= 11 is 3.16. The normalized spacial score (nSPS) is 11.5. The minimum Gasteiger partial charge on any atom is -0.507 e. The highest BCUT2D eigenvalue weighted by Crippen LogP contribution is 2.29. The predicted octanol–water partition coefficient (Wildman–Crippen LogP) is 4.11. The zero-order valence-electron chi connectivity index (χ0n) is 11.3. The quantitative estimate of drug-likeness (QED) is 0.674. The molecule has 2 N–H and O–H groups in total. The fourth-order valence-corrected chi connectivity index (χ4v) is 3.87. The predicted molar refractivity (Wildman–Crippen MR) is 90.6 cm³/mol. The Bertz CT molecular complexity index is 949. The summed E-state index contributed by atoms with van der Waals surface area (Å²) in [5.41, 5.74) is 0.373. The largest absolute Gasteiger partial charge is 0.507 e. The summed E-state index contributed by atoms with van der Waals surface area (Å²) in [6.07, 6.45) is 0. The molecular formula is C16H12BrNO3S. The van der Waals surface area contributed by atoms with Crippen molar-refractivity contribution in [3.05, 3.63) is 65.1 Å². The van der Waals surface area contributed by atoms with Gasteiger partial charge in [-0.1, -0.05) is 36.4 Å². The van der Waals surface area contributed by atoms with E-state index >= 15 is 0 Å². The van der Waals surface area contributed by atoms with Gasteiger partial charge in [0.05, 0.1) is 15.1 Å². The average molecular weight is 378 g/mol. The molecule has 0 heterocycles. The molecule has 0 fully saturated rings. The van der Waals surface area contributed by atoms with Gasteiger partial charge in [-0.05, 0) is 45.6 Å². The van der Waals surface area contributed by atoms with Crippen LogP contribution in [0.15, 0.2) is 70.0 Å². The summed E-state index contributed by atoms with van der Waals surface area (Å²) in [4.78, 5) is 0.217. The second-order valence-electron chi connectivity index (χ2n) is 4.75. The van der Waals surface area contributed by atoms with Crippen molar-refractivity contribution in [1.29, 1.82) is 0 Å². The summed E-state index contributed by atoms with van der Waals surface area (Å²) in [5, 5.41) is 11.0. The SMILES string of the molecule is O=S(=O)(Nc1ccc(O)c(Br)c1)c1cccc2ccccc12. The van der Waals surface area contributed by atoms with Crippen molar-refractivity contribution >= 4 is 42.4 Å². The first-order valence-electron chi connectivity index (χ1n) is 6.46. The lowest BCUT2D eigenvalue weighted by molar-refractivity contribution is 0.472. The van der Waals surface area contributed by atoms with Gasteiger partial charge in [-0.25, -0.2) is 8.42 Å². The number of nitrogens with one attached hydrogen (secondary N) is 1. The second kappa shape index (κ2) is 5.62. The number of benzene rings is 3. The highest BCUT2D eigenvalue weighted by molar-refractivity contribution is 9.10. The number of halogens is 1. The Labute approximate surface area is 136 Å². The summed E-state index contributed by atoms with van der Waals surface area (Å²) < 4.78 is 28.2. The molecule has 0 radical (unpaired) electrons. The van der Waals surface area contributed by atoms with E-state index < -0.39 is 10.0 Å². The zero-order chi connectivity index (χ0) is 15.7. The summed E-state index contributed by atoms with van der Waals surface area (Å²) in [5.74, 6) is 0.0492. The molecule has 0 aliphatic rings. The Hall–Kier alpha value is -2.05. The summed E-state index contributed by atoms with van der Waals surface area (Å²) in [6, 6.07) is 16.9. The van der Waals surface area contributed by atoms with Gasteiger partial charge in [-0.15, -0.1) is 0 Å². The van der Waals surface area contributed by atoms with E-state index in [9.17, 15) is 13.5 Å². The van der Waals surface area contributed by atoms with E-state index in [4.69, 9.17) is 0 Å². The van der Waals surface area contributed by atoms with Gasteiger partial charge in [-0.3, -0.25) is 4.72 Å². The lowest BCUT2D eigenvalue weighted by Crippen LogP contribution is -2.13. The van der Waals surface area contributed by atoms with E-state index in [1.54, 1.807) is 24.3 Å². The monoisotopic (exact) mass is 377 g/mol. The van der Waals surface area contributed by atoms with Crippen LogP contribution in [0.25, 0.3) is 10.8 Å². The van der Waals surface area contributed by atoms with Crippen molar-refractivity contribution in [3.8, 4) is 5.75 Å². The molecule has 0 saturated carbocycles. The van der Waals surface area contributed by atoms with Gasteiger partial charge in [0, 0.05) is 5.39 Å². The maximum Gasteiger partial charge on any atom is 0.262 e. The number of sulfonamides is 1. The van der Waals surface area contributed by atoms with E-state index in [0.717, 1.165) is 5.39 Å². The third-order valence-corrected chi connectivity index (χ3v) is 5.31. The number of aromatic hydroxyl groups is 1. The smallest absolute Gasteiger partial charge is 0.262 e. The maximum absolute atomic E-state index is 12.6. The molecule has 3 aromatic carbocycles. The molecule has 0 amide bonds. The van der Waals surface area contributed by atoms with Gasteiger partial charge in [0.1, 0.15) is 5.75 Å². The Morgan fingerprint density at radius 2 is 1.68 bits per heavy atom. The van der Waals surface area contributed by atoms with Crippen LogP contribution in [0.4, 0.5) is 5.69 Å². The lowest BCUT2D eigenvalue weighted by Gasteiger charge is -2.11. The second-order valence-corrected chi connectivity index (χ2v) is 7.25. The number of hydrogen-bond acceptors (Lipinski definition) is 3. The molecule has 0 spiro atoms. The van der Waals surface area contributed by atoms with Crippen LogP contribution in [-0.2, 0) is 10.0 Å². The van der Waals surface area contributed by atoms with Crippen molar-refractivity contribution < 1.29 is 13.5 Å². The van der Waals surface area contributed by atoms with Gasteiger partial charge < -0.3 is 5.11 Å². The molecule has 4 nitrogen and oxygen atoms in total. The highest BCUT2D eigenvalue weighted by atomic mass is 79.9. The average Bonchev–Trinajstić information content (AvgIpc) is 2.50. The fraction of sp³-hybridized carbons (Fsp3) is 0. The van der Waals surface area contributed by atoms with Crippen LogP contribution in [-0.4, -0.2) is 13.5 Å². The maximum atomic E-state index is 12.6. The first kappa shape index (κ1) is 14.9. The van der Waals surface area contributed by atoms with Crippen LogP contribution in [0.5, 0.6) is 5.75 Å². The number of phenolic OH excluding ortho intramolecular Hbond substituents is 1. The minimum atomic E-state index is -3.72. The lowest BCUT2D eigenvalue weighted by atomic mass is 10.1. The summed E-state index contributed by atoms with van der Waals surface area (Å²) in [6.45, 7) is 0. The number of anilines is 1. The topological polar surface area (TPSA) is 66.4 Å². The molecule has 0 aliphatic heterocycles. The van der Waals surface area contributed by atoms with E-state index in [2.05, 4.69) is 20.7 Å². The van der Waals surface area contributed by atoms with Gasteiger partial charge in [0.25, 0.3) is 10.0 Å². The van der Waals surface area contributed by atoms with Gasteiger partial charge in [0.15, 0.2) is 0 Å². The molecule has 112 valence electrons. The molecule has 3 aromatic rings. The molecule has 6 heteroatoms. The third-order valence-electron chi connectivity index (χ3n) is 3.24.